The maximum Gasteiger partial charge on any atom is 0.417 e. The molecule has 0 fully saturated rings. The summed E-state index contributed by atoms with van der Waals surface area (Å²) < 4.78 is 38.2. The van der Waals surface area contributed by atoms with Crippen molar-refractivity contribution in [1.82, 2.24) is 5.32 Å². The first-order chi connectivity index (χ1) is 10.8. The number of amides is 1. The number of benzene rings is 1. The van der Waals surface area contributed by atoms with Gasteiger partial charge < -0.3 is 10.6 Å². The third kappa shape index (κ3) is 5.53. The standard InChI is InChI=1S/C14H10ClF3N4O/c15-12-3-2-10(6-11(12)14(16,17)18)22-13(23)9(7-20)8-21-5-1-4-19/h2-3,6,8,21H,1,5H2,(H,22,23)/b9-8-. The van der Waals surface area contributed by atoms with Gasteiger partial charge in [0.1, 0.15) is 11.6 Å². The normalized spacial score (nSPS) is 11.3. The summed E-state index contributed by atoms with van der Waals surface area (Å²) in [4.78, 5) is 11.8. The van der Waals surface area contributed by atoms with E-state index in [9.17, 15) is 18.0 Å². The second-order valence-electron chi connectivity index (χ2n) is 4.18. The molecule has 9 heteroatoms. The van der Waals surface area contributed by atoms with E-state index < -0.39 is 22.7 Å². The molecule has 0 aliphatic carbocycles. The molecule has 0 radical (unpaired) electrons. The van der Waals surface area contributed by atoms with E-state index in [0.29, 0.717) is 6.07 Å². The van der Waals surface area contributed by atoms with Crippen molar-refractivity contribution in [3.05, 3.63) is 40.6 Å². The van der Waals surface area contributed by atoms with Crippen LogP contribution in [0, 0.1) is 22.7 Å². The first-order valence-corrected chi connectivity index (χ1v) is 6.56. The highest BCUT2D eigenvalue weighted by Crippen LogP contribution is 2.36. The third-order valence-corrected chi connectivity index (χ3v) is 2.85. The highest BCUT2D eigenvalue weighted by Gasteiger charge is 2.33. The number of nitrogens with one attached hydrogen (secondary N) is 2. The first-order valence-electron chi connectivity index (χ1n) is 6.18. The Labute approximate surface area is 135 Å². The molecule has 1 amide bonds. The molecular weight excluding hydrogens is 333 g/mol. The molecule has 0 aromatic heterocycles. The number of alkyl halides is 3. The van der Waals surface area contributed by atoms with Crippen LogP contribution in [0.1, 0.15) is 12.0 Å². The lowest BCUT2D eigenvalue weighted by Gasteiger charge is -2.11. The van der Waals surface area contributed by atoms with Gasteiger partial charge in [0.15, 0.2) is 0 Å². The quantitative estimate of drug-likeness (QED) is 0.488. The highest BCUT2D eigenvalue weighted by atomic mass is 35.5. The first kappa shape index (κ1) is 18.3. The van der Waals surface area contributed by atoms with Crippen LogP contribution < -0.4 is 10.6 Å². The van der Waals surface area contributed by atoms with Crippen LogP contribution in [-0.4, -0.2) is 12.5 Å². The Bertz CT molecular complexity index is 701. The minimum absolute atomic E-state index is 0.148. The second kappa shape index (κ2) is 8.06. The topological polar surface area (TPSA) is 88.7 Å². The Kier molecular flexibility index (Phi) is 6.43. The minimum atomic E-state index is -4.66. The molecule has 1 aromatic carbocycles. The summed E-state index contributed by atoms with van der Waals surface area (Å²) in [5, 5.41) is 21.5. The van der Waals surface area contributed by atoms with E-state index in [1.54, 1.807) is 6.07 Å². The van der Waals surface area contributed by atoms with Crippen LogP contribution in [0.25, 0.3) is 0 Å². The summed E-state index contributed by atoms with van der Waals surface area (Å²) in [6.07, 6.45) is -3.40. The fourth-order valence-corrected chi connectivity index (χ4v) is 1.69. The van der Waals surface area contributed by atoms with Crippen LogP contribution in [0.4, 0.5) is 18.9 Å². The molecule has 120 valence electrons. The van der Waals surface area contributed by atoms with Gasteiger partial charge in [0.25, 0.3) is 5.91 Å². The SMILES string of the molecule is N#CCCN/C=C(/C#N)C(=O)Nc1ccc(Cl)c(C(F)(F)F)c1. The summed E-state index contributed by atoms with van der Waals surface area (Å²) in [5.74, 6) is -0.882. The van der Waals surface area contributed by atoms with Crippen LogP contribution in [0.2, 0.25) is 5.02 Å². The Balaban J connectivity index is 2.89. The van der Waals surface area contributed by atoms with Gasteiger partial charge in [-0.2, -0.15) is 23.7 Å². The van der Waals surface area contributed by atoms with Crippen molar-refractivity contribution in [2.24, 2.45) is 0 Å². The largest absolute Gasteiger partial charge is 0.417 e. The number of nitriles is 2. The lowest BCUT2D eigenvalue weighted by molar-refractivity contribution is -0.137. The predicted octanol–water partition coefficient (Wildman–Crippen LogP) is 3.21. The molecule has 0 spiro atoms. The maximum absolute atomic E-state index is 12.7. The van der Waals surface area contributed by atoms with Crippen LogP contribution in [0.15, 0.2) is 30.0 Å². The van der Waals surface area contributed by atoms with Gasteiger partial charge in [0.2, 0.25) is 0 Å². The lowest BCUT2D eigenvalue weighted by Crippen LogP contribution is -2.17. The molecule has 1 rings (SSSR count). The molecular formula is C14H10ClF3N4O. The molecule has 0 saturated heterocycles. The van der Waals surface area contributed by atoms with E-state index in [1.807, 2.05) is 6.07 Å². The molecule has 0 aliphatic rings. The second-order valence-corrected chi connectivity index (χ2v) is 4.59. The van der Waals surface area contributed by atoms with Crippen LogP contribution >= 0.6 is 11.6 Å². The van der Waals surface area contributed by atoms with Gasteiger partial charge in [-0.3, -0.25) is 4.79 Å². The summed E-state index contributed by atoms with van der Waals surface area (Å²) >= 11 is 5.47. The van der Waals surface area contributed by atoms with Crippen molar-refractivity contribution < 1.29 is 18.0 Å². The lowest BCUT2D eigenvalue weighted by atomic mass is 10.2. The van der Waals surface area contributed by atoms with E-state index in [4.69, 9.17) is 22.1 Å². The Morgan fingerprint density at radius 2 is 2.04 bits per heavy atom. The van der Waals surface area contributed by atoms with Gasteiger partial charge in [-0.25, -0.2) is 0 Å². The number of hydrogen-bond donors (Lipinski definition) is 2. The minimum Gasteiger partial charge on any atom is -0.389 e. The van der Waals surface area contributed by atoms with E-state index >= 15 is 0 Å². The number of halogens is 4. The predicted molar refractivity (Wildman–Crippen MR) is 77.0 cm³/mol. The van der Waals surface area contributed by atoms with Gasteiger partial charge in [-0.1, -0.05) is 11.6 Å². The molecule has 0 heterocycles. The zero-order chi connectivity index (χ0) is 17.5. The van der Waals surface area contributed by atoms with Crippen molar-refractivity contribution in [3.8, 4) is 12.1 Å². The van der Waals surface area contributed by atoms with Gasteiger partial charge >= 0.3 is 6.18 Å². The van der Waals surface area contributed by atoms with Crippen LogP contribution in [-0.2, 0) is 11.0 Å². The summed E-state index contributed by atoms with van der Waals surface area (Å²) in [7, 11) is 0. The zero-order valence-electron chi connectivity index (χ0n) is 11.5. The fourth-order valence-electron chi connectivity index (χ4n) is 1.47. The number of anilines is 1. The van der Waals surface area contributed by atoms with E-state index in [0.717, 1.165) is 12.3 Å². The summed E-state index contributed by atoms with van der Waals surface area (Å²) in [5.41, 5.74) is -1.58. The zero-order valence-corrected chi connectivity index (χ0v) is 12.3. The molecule has 23 heavy (non-hydrogen) atoms. The third-order valence-electron chi connectivity index (χ3n) is 2.52. The summed E-state index contributed by atoms with van der Waals surface area (Å²) in [6, 6.07) is 6.34. The van der Waals surface area contributed by atoms with Crippen LogP contribution in [0.5, 0.6) is 0 Å². The van der Waals surface area contributed by atoms with Gasteiger partial charge in [0.05, 0.1) is 23.1 Å². The number of rotatable bonds is 5. The smallest absolute Gasteiger partial charge is 0.389 e. The number of nitrogens with zero attached hydrogens (tertiary/aromatic N) is 2. The van der Waals surface area contributed by atoms with Gasteiger partial charge in [-0.05, 0) is 18.2 Å². The summed E-state index contributed by atoms with van der Waals surface area (Å²) in [6.45, 7) is 0.230. The van der Waals surface area contributed by atoms with Crippen molar-refractivity contribution in [2.45, 2.75) is 12.6 Å². The molecule has 2 N–H and O–H groups in total. The molecule has 0 saturated carbocycles. The Morgan fingerprint density at radius 1 is 1.35 bits per heavy atom. The van der Waals surface area contributed by atoms with E-state index in [2.05, 4.69) is 10.6 Å². The monoisotopic (exact) mass is 342 g/mol. The van der Waals surface area contributed by atoms with E-state index in [1.165, 1.54) is 6.07 Å². The van der Waals surface area contributed by atoms with Gasteiger partial charge in [0, 0.05) is 18.4 Å². The van der Waals surface area contributed by atoms with E-state index in [-0.39, 0.29) is 24.2 Å². The molecule has 5 nitrogen and oxygen atoms in total. The average Bonchev–Trinajstić information content (AvgIpc) is 2.48. The van der Waals surface area contributed by atoms with Crippen molar-refractivity contribution in [1.29, 1.82) is 10.5 Å². The van der Waals surface area contributed by atoms with Crippen molar-refractivity contribution in [2.75, 3.05) is 11.9 Å². The molecule has 0 unspecified atom stereocenters. The molecule has 0 aliphatic heterocycles. The Hall–Kier alpha value is -2.71. The highest BCUT2D eigenvalue weighted by molar-refractivity contribution is 6.31. The molecule has 0 atom stereocenters. The van der Waals surface area contributed by atoms with Crippen LogP contribution in [0.3, 0.4) is 0 Å². The number of hydrogen-bond acceptors (Lipinski definition) is 4. The Morgan fingerprint density at radius 3 is 2.61 bits per heavy atom. The average molecular weight is 343 g/mol. The fraction of sp³-hybridized carbons (Fsp3) is 0.214. The van der Waals surface area contributed by atoms with Crippen molar-refractivity contribution >= 4 is 23.2 Å². The molecule has 1 aromatic rings. The molecule has 0 bridgehead atoms. The number of carbonyl (C=O) groups is 1. The number of carbonyl (C=O) groups excluding carboxylic acids is 1. The van der Waals surface area contributed by atoms with Gasteiger partial charge in [-0.15, -0.1) is 0 Å². The van der Waals surface area contributed by atoms with Crippen molar-refractivity contribution in [3.63, 3.8) is 0 Å². The maximum atomic E-state index is 12.7.